The average Bonchev–Trinajstić information content (AvgIpc) is 4.05. The van der Waals surface area contributed by atoms with E-state index in [1.165, 1.54) is 54.3 Å². The molecule has 0 radical (unpaired) electrons. The number of fused-ring (bicyclic) bond motifs is 1. The number of alkyl halides is 3. The van der Waals surface area contributed by atoms with Gasteiger partial charge in [0.1, 0.15) is 24.5 Å². The van der Waals surface area contributed by atoms with Gasteiger partial charge in [-0.05, 0) is 90.7 Å². The molecule has 3 aromatic carbocycles. The number of rotatable bonds is 16. The summed E-state index contributed by atoms with van der Waals surface area (Å²) in [5, 5.41) is 23.1. The number of carbonyl (C=O) groups excluding carboxylic acids is 4. The second-order valence-electron chi connectivity index (χ2n) is 18.8. The second-order valence-corrected chi connectivity index (χ2v) is 21.8. The lowest BCUT2D eigenvalue weighted by atomic mass is 9.76. The molecule has 2 atom stereocenters. The third-order valence-corrected chi connectivity index (χ3v) is 15.4. The SMILES string of the molecule is CC.CC.CC(=O)N(CCNC(=O)c1ccc(S(=O)(=O)Nc2ccc(C[NH+]3CCC[C@H](C)C3)cc2)c([N+](=O)[O-])c1)C(C)=O.CCSc1cc(C2(Cc3nncn3C)COC2)cc(N2Cc3c(cc(C)cc3C(F)(F)F)C2=O)n1. The lowest BCUT2D eigenvalue weighted by Crippen LogP contribution is -3.12. The van der Waals surface area contributed by atoms with Crippen molar-refractivity contribution in [1.29, 1.82) is 0 Å². The van der Waals surface area contributed by atoms with E-state index in [2.05, 4.69) is 32.1 Å². The van der Waals surface area contributed by atoms with Crippen molar-refractivity contribution >= 4 is 62.6 Å². The van der Waals surface area contributed by atoms with Crippen molar-refractivity contribution in [1.82, 2.24) is 30.0 Å². The summed E-state index contributed by atoms with van der Waals surface area (Å²) < 4.78 is 77.2. The predicted molar refractivity (Wildman–Crippen MR) is 291 cm³/mol. The Hall–Kier alpha value is -6.76. The summed E-state index contributed by atoms with van der Waals surface area (Å²) in [5.41, 5.74) is 0.656. The Labute approximate surface area is 457 Å². The number of likely N-dealkylation sites (tertiary alicyclic amines) is 1. The fourth-order valence-corrected chi connectivity index (χ4v) is 11.2. The van der Waals surface area contributed by atoms with Crippen LogP contribution in [0.3, 0.4) is 0 Å². The first-order valence-electron chi connectivity index (χ1n) is 25.9. The molecule has 2 fully saturated rings. The number of nitrogens with zero attached hydrogens (tertiary/aromatic N) is 7. The number of halogens is 3. The van der Waals surface area contributed by atoms with E-state index in [1.54, 1.807) is 25.4 Å². The van der Waals surface area contributed by atoms with Gasteiger partial charge in [-0.2, -0.15) is 13.2 Å². The van der Waals surface area contributed by atoms with Gasteiger partial charge >= 0.3 is 6.18 Å². The number of nitro benzene ring substituents is 1. The monoisotopic (exact) mass is 1120 g/mol. The summed E-state index contributed by atoms with van der Waals surface area (Å²) >= 11 is 1.52. The normalized spacial score (nSPS) is 16.4. The van der Waals surface area contributed by atoms with E-state index in [0.29, 0.717) is 42.0 Å². The number of benzene rings is 3. The molecule has 3 aliphatic heterocycles. The highest BCUT2D eigenvalue weighted by Crippen LogP contribution is 2.42. The average molecular weight is 1120 g/mol. The molecule has 2 saturated heterocycles. The van der Waals surface area contributed by atoms with E-state index in [-0.39, 0.29) is 47.4 Å². The summed E-state index contributed by atoms with van der Waals surface area (Å²) in [5.74, 6) is 0.414. The summed E-state index contributed by atoms with van der Waals surface area (Å²) in [6, 6.07) is 16.4. The molecule has 5 heterocycles. The lowest BCUT2D eigenvalue weighted by Gasteiger charge is -2.42. The number of aryl methyl sites for hydroxylation is 2. The van der Waals surface area contributed by atoms with Gasteiger partial charge in [0.05, 0.1) is 48.4 Å². The minimum absolute atomic E-state index is 0.00854. The molecule has 0 aliphatic carbocycles. The molecule has 5 aromatic rings. The summed E-state index contributed by atoms with van der Waals surface area (Å²) in [6.07, 6.45) is 0.0945. The van der Waals surface area contributed by atoms with Crippen LogP contribution in [0.1, 0.15) is 123 Å². The highest BCUT2D eigenvalue weighted by Gasteiger charge is 2.44. The second kappa shape index (κ2) is 27.2. The van der Waals surface area contributed by atoms with Crippen molar-refractivity contribution in [3.05, 3.63) is 128 Å². The zero-order valence-corrected chi connectivity index (χ0v) is 47.4. The number of piperidine rings is 1. The van der Waals surface area contributed by atoms with Crippen molar-refractivity contribution < 1.29 is 55.3 Å². The van der Waals surface area contributed by atoms with Crippen LogP contribution in [0.25, 0.3) is 0 Å². The Morgan fingerprint density at radius 3 is 2.26 bits per heavy atom. The molecule has 2 aromatic heterocycles. The van der Waals surface area contributed by atoms with Crippen LogP contribution >= 0.6 is 11.8 Å². The molecule has 0 spiro atoms. The number of quaternary nitrogens is 1. The van der Waals surface area contributed by atoms with Crippen LogP contribution in [0.5, 0.6) is 0 Å². The van der Waals surface area contributed by atoms with Crippen LogP contribution in [-0.2, 0) is 62.5 Å². The van der Waals surface area contributed by atoms with Crippen LogP contribution < -0.4 is 19.8 Å². The summed E-state index contributed by atoms with van der Waals surface area (Å²) in [7, 11) is -2.46. The maximum atomic E-state index is 13.8. The number of hydrogen-bond acceptors (Lipinski definition) is 13. The van der Waals surface area contributed by atoms with Gasteiger partial charge in [0.15, 0.2) is 4.90 Å². The number of thioether (sulfide) groups is 1. The number of aromatic nitrogens is 4. The molecule has 4 amide bonds. The smallest absolute Gasteiger partial charge is 0.379 e. The third kappa shape index (κ3) is 15.3. The maximum Gasteiger partial charge on any atom is 0.416 e. The van der Waals surface area contributed by atoms with Gasteiger partial charge in [0.2, 0.25) is 11.8 Å². The van der Waals surface area contributed by atoms with Crippen molar-refractivity contribution in [3.8, 4) is 0 Å². The third-order valence-electron chi connectivity index (χ3n) is 13.1. The van der Waals surface area contributed by atoms with Crippen LogP contribution in [-0.4, -0.2) is 107 Å². The van der Waals surface area contributed by atoms with Crippen molar-refractivity contribution in [3.63, 3.8) is 0 Å². The van der Waals surface area contributed by atoms with Crippen LogP contribution in [0.2, 0.25) is 0 Å². The topological polar surface area (TPSA) is 233 Å². The Bertz CT molecular complexity index is 3050. The first kappa shape index (κ1) is 62.1. The fourth-order valence-electron chi connectivity index (χ4n) is 9.33. The van der Waals surface area contributed by atoms with Gasteiger partial charge in [-0.1, -0.05) is 53.7 Å². The molecule has 0 bridgehead atoms. The first-order chi connectivity index (χ1) is 37.0. The minimum Gasteiger partial charge on any atom is -0.379 e. The number of ether oxygens (including phenoxy) is 1. The van der Waals surface area contributed by atoms with E-state index in [9.17, 15) is 50.9 Å². The zero-order valence-electron chi connectivity index (χ0n) is 45.7. The molecule has 3 aliphatic rings. The molecule has 24 heteroatoms. The Morgan fingerprint density at radius 1 is 1.01 bits per heavy atom. The number of sulfonamides is 1. The number of anilines is 2. The maximum absolute atomic E-state index is 13.8. The summed E-state index contributed by atoms with van der Waals surface area (Å²) in [4.78, 5) is 67.4. The van der Waals surface area contributed by atoms with Gasteiger partial charge < -0.3 is 19.5 Å². The van der Waals surface area contributed by atoms with Crippen LogP contribution in [0, 0.1) is 23.0 Å². The highest BCUT2D eigenvalue weighted by atomic mass is 32.2. The molecular formula is C54H70F3N10O9S2+. The first-order valence-corrected chi connectivity index (χ1v) is 28.3. The van der Waals surface area contributed by atoms with E-state index >= 15 is 0 Å². The van der Waals surface area contributed by atoms with E-state index in [0.717, 1.165) is 71.5 Å². The number of amides is 4. The molecular weight excluding hydrogens is 1050 g/mol. The van der Waals surface area contributed by atoms with Crippen molar-refractivity contribution in [2.75, 3.05) is 54.8 Å². The zero-order chi connectivity index (χ0) is 57.7. The number of nitrogens with one attached hydrogen (secondary N) is 3. The number of hydrogen-bond donors (Lipinski definition) is 3. The molecule has 8 rings (SSSR count). The predicted octanol–water partition coefficient (Wildman–Crippen LogP) is 7.71. The Kier molecular flexibility index (Phi) is 21.7. The molecule has 1 unspecified atom stereocenters. The Balaban J connectivity index is 0.000000271. The number of imide groups is 1. The summed E-state index contributed by atoms with van der Waals surface area (Å²) in [6.45, 7) is 19.9. The molecule has 3 N–H and O–H groups in total. The van der Waals surface area contributed by atoms with E-state index in [4.69, 9.17) is 4.74 Å². The van der Waals surface area contributed by atoms with Gasteiger partial charge in [-0.3, -0.25) is 43.8 Å². The quantitative estimate of drug-likeness (QED) is 0.0489. The standard InChI is InChI=1S/C26H33N5O7S.C24H24F3N5O2S.2C2H6/c1-18-5-4-13-29(16-18)17-21-6-9-23(10-7-21)28-39(37,38)25-11-8-22(15-24(25)31(35)36)26(34)27-12-14-30(19(2)32)20(3)33;1-4-35-21-8-15(23(11-34-12-23)9-20-30-28-13-31(20)3)7-19(29-21)32-10-17-16(22(32)33)5-14(2)6-18(17)24(25,26)27;2*1-2/h6-11,15,18,28H,4-5,12-14,16-17H2,1-3H3,(H,27,34);5-8,13H,4,9-12H2,1-3H3;2*1-2H3/p+1/t18-;;;/m0.../s1. The molecule has 422 valence electrons. The minimum atomic E-state index is -4.55. The number of pyridine rings is 1. The van der Waals surface area contributed by atoms with Crippen LogP contribution in [0.4, 0.5) is 30.4 Å². The van der Waals surface area contributed by atoms with E-state index in [1.807, 2.05) is 70.5 Å². The molecule has 19 nitrogen and oxygen atoms in total. The number of carbonyl (C=O) groups is 4. The number of nitro groups is 1. The van der Waals surface area contributed by atoms with E-state index < -0.39 is 60.9 Å². The van der Waals surface area contributed by atoms with Gasteiger partial charge in [0, 0.05) is 80.2 Å². The molecule has 78 heavy (non-hydrogen) atoms. The Morgan fingerprint density at radius 2 is 1.69 bits per heavy atom. The van der Waals surface area contributed by atoms with Gasteiger partial charge in [-0.25, -0.2) is 13.4 Å². The van der Waals surface area contributed by atoms with Crippen LogP contribution in [0.15, 0.2) is 83.0 Å². The fraction of sp³-hybridized carbons (Fsp3) is 0.463. The largest absolute Gasteiger partial charge is 0.416 e. The van der Waals surface area contributed by atoms with Crippen molar-refractivity contribution in [2.24, 2.45) is 13.0 Å². The van der Waals surface area contributed by atoms with Gasteiger partial charge in [0.25, 0.3) is 27.5 Å². The lowest BCUT2D eigenvalue weighted by molar-refractivity contribution is -0.922. The molecule has 0 saturated carbocycles. The highest BCUT2D eigenvalue weighted by molar-refractivity contribution is 7.99. The van der Waals surface area contributed by atoms with Crippen molar-refractivity contribution in [2.45, 2.75) is 116 Å². The van der Waals surface area contributed by atoms with Gasteiger partial charge in [-0.15, -0.1) is 22.0 Å².